The molecule has 0 spiro atoms. The fourth-order valence-electron chi connectivity index (χ4n) is 4.69. The van der Waals surface area contributed by atoms with Gasteiger partial charge in [-0.1, -0.05) is 54.6 Å². The molecule has 144 valence electrons. The third-order valence-electron chi connectivity index (χ3n) is 6.45. The van der Waals surface area contributed by atoms with E-state index in [0.29, 0.717) is 0 Å². The fourth-order valence-corrected chi connectivity index (χ4v) is 4.69. The Kier molecular flexibility index (Phi) is 4.44. The zero-order valence-corrected chi connectivity index (χ0v) is 17.1. The van der Waals surface area contributed by atoms with Crippen molar-refractivity contribution in [3.05, 3.63) is 89.2 Å². The maximum absolute atomic E-state index is 6.50. The van der Waals surface area contributed by atoms with Crippen LogP contribution in [0.25, 0.3) is 32.3 Å². The summed E-state index contributed by atoms with van der Waals surface area (Å²) in [7, 11) is 0. The molecule has 0 aliphatic rings. The Morgan fingerprint density at radius 3 is 2.31 bits per heavy atom. The quantitative estimate of drug-likeness (QED) is 0.349. The molecule has 0 radical (unpaired) electrons. The lowest BCUT2D eigenvalue weighted by Gasteiger charge is -2.16. The van der Waals surface area contributed by atoms with Crippen LogP contribution in [0.15, 0.2) is 66.9 Å². The van der Waals surface area contributed by atoms with Gasteiger partial charge in [-0.15, -0.1) is 0 Å². The van der Waals surface area contributed by atoms with Crippen LogP contribution in [0.1, 0.15) is 41.3 Å². The highest BCUT2D eigenvalue weighted by atomic mass is 14.8. The minimum absolute atomic E-state index is 0.00492. The molecule has 0 saturated heterocycles. The number of aromatic nitrogens is 1. The number of pyridine rings is 1. The first kappa shape index (κ1) is 18.1. The lowest BCUT2D eigenvalue weighted by molar-refractivity contribution is 0.595. The smallest absolute Gasteiger partial charge is 0.0602 e. The summed E-state index contributed by atoms with van der Waals surface area (Å²) in [6, 6.07) is 22.2. The van der Waals surface area contributed by atoms with Crippen LogP contribution in [0.3, 0.4) is 0 Å². The van der Waals surface area contributed by atoms with Crippen molar-refractivity contribution in [2.75, 3.05) is 0 Å². The van der Waals surface area contributed by atoms with Crippen LogP contribution in [-0.4, -0.2) is 4.98 Å². The Hall–Kier alpha value is -2.97. The van der Waals surface area contributed by atoms with Crippen molar-refractivity contribution in [2.45, 2.75) is 39.2 Å². The third kappa shape index (κ3) is 3.04. The minimum Gasteiger partial charge on any atom is -0.323 e. The van der Waals surface area contributed by atoms with Crippen molar-refractivity contribution in [1.82, 2.24) is 4.98 Å². The molecule has 29 heavy (non-hydrogen) atoms. The Balaban J connectivity index is 1.44. The van der Waals surface area contributed by atoms with Crippen LogP contribution in [0.2, 0.25) is 0 Å². The van der Waals surface area contributed by atoms with E-state index in [0.717, 1.165) is 25.0 Å². The van der Waals surface area contributed by atoms with Crippen molar-refractivity contribution < 1.29 is 0 Å². The summed E-state index contributed by atoms with van der Waals surface area (Å²) in [5.41, 5.74) is 11.4. The summed E-state index contributed by atoms with van der Waals surface area (Å²) in [4.78, 5) is 4.55. The molecule has 0 aliphatic heterocycles. The van der Waals surface area contributed by atoms with E-state index in [9.17, 15) is 0 Å². The van der Waals surface area contributed by atoms with Gasteiger partial charge in [-0.25, -0.2) is 0 Å². The molecular formula is C27H26N2. The van der Waals surface area contributed by atoms with E-state index in [4.69, 9.17) is 5.73 Å². The first-order valence-corrected chi connectivity index (χ1v) is 10.5. The van der Waals surface area contributed by atoms with E-state index >= 15 is 0 Å². The summed E-state index contributed by atoms with van der Waals surface area (Å²) >= 11 is 0. The zero-order valence-electron chi connectivity index (χ0n) is 17.1. The monoisotopic (exact) mass is 378 g/mol. The number of nitrogens with two attached hydrogens (primary N) is 1. The molecule has 1 aromatic heterocycles. The number of hydrogen-bond donors (Lipinski definition) is 1. The zero-order chi connectivity index (χ0) is 20.0. The maximum Gasteiger partial charge on any atom is 0.0602 e. The Labute approximate surface area is 171 Å². The van der Waals surface area contributed by atoms with Crippen molar-refractivity contribution in [3.8, 4) is 0 Å². The van der Waals surface area contributed by atoms with Gasteiger partial charge in [0.2, 0.25) is 0 Å². The largest absolute Gasteiger partial charge is 0.323 e. The van der Waals surface area contributed by atoms with E-state index in [1.807, 2.05) is 6.20 Å². The van der Waals surface area contributed by atoms with E-state index in [2.05, 4.69) is 79.5 Å². The first-order chi connectivity index (χ1) is 14.1. The SMILES string of the molecule is Cc1ccnc(C(N)CCCc2ccc3ccc4cccc5ccc2c3c45)c1C. The normalized spacial score (nSPS) is 12.9. The van der Waals surface area contributed by atoms with Crippen molar-refractivity contribution >= 4 is 32.3 Å². The molecule has 1 unspecified atom stereocenters. The number of nitrogens with zero attached hydrogens (tertiary/aromatic N) is 1. The summed E-state index contributed by atoms with van der Waals surface area (Å²) in [5.74, 6) is 0. The molecule has 0 aliphatic carbocycles. The summed E-state index contributed by atoms with van der Waals surface area (Å²) in [6.07, 6.45) is 4.91. The molecule has 2 heteroatoms. The van der Waals surface area contributed by atoms with Crippen LogP contribution in [0.5, 0.6) is 0 Å². The van der Waals surface area contributed by atoms with Crippen LogP contribution < -0.4 is 5.73 Å². The van der Waals surface area contributed by atoms with E-state index in [1.54, 1.807) is 0 Å². The second kappa shape index (κ2) is 7.13. The highest BCUT2D eigenvalue weighted by Gasteiger charge is 2.13. The van der Waals surface area contributed by atoms with Crippen LogP contribution in [0.4, 0.5) is 0 Å². The average molecular weight is 379 g/mol. The highest BCUT2D eigenvalue weighted by Crippen LogP contribution is 2.36. The molecule has 5 rings (SSSR count). The van der Waals surface area contributed by atoms with E-state index in [-0.39, 0.29) is 6.04 Å². The molecule has 5 aromatic rings. The van der Waals surface area contributed by atoms with Gasteiger partial charge in [0.25, 0.3) is 0 Å². The summed E-state index contributed by atoms with van der Waals surface area (Å²) < 4.78 is 0. The Bertz CT molecular complexity index is 1300. The van der Waals surface area contributed by atoms with Gasteiger partial charge in [0.15, 0.2) is 0 Å². The predicted molar refractivity (Wildman–Crippen MR) is 124 cm³/mol. The van der Waals surface area contributed by atoms with Gasteiger partial charge in [-0.2, -0.15) is 0 Å². The van der Waals surface area contributed by atoms with Crippen LogP contribution in [-0.2, 0) is 6.42 Å². The highest BCUT2D eigenvalue weighted by molar-refractivity contribution is 6.23. The predicted octanol–water partition coefficient (Wildman–Crippen LogP) is 6.62. The summed E-state index contributed by atoms with van der Waals surface area (Å²) in [6.45, 7) is 4.25. The van der Waals surface area contributed by atoms with Gasteiger partial charge in [-0.05, 0) is 88.2 Å². The number of hydrogen-bond acceptors (Lipinski definition) is 2. The number of aryl methyl sites for hydroxylation is 2. The molecule has 0 amide bonds. The molecule has 2 N–H and O–H groups in total. The van der Waals surface area contributed by atoms with Gasteiger partial charge in [0.1, 0.15) is 0 Å². The second-order valence-electron chi connectivity index (χ2n) is 8.22. The van der Waals surface area contributed by atoms with Crippen LogP contribution >= 0.6 is 0 Å². The fraction of sp³-hybridized carbons (Fsp3) is 0.222. The van der Waals surface area contributed by atoms with E-state index < -0.39 is 0 Å². The van der Waals surface area contributed by atoms with Crippen molar-refractivity contribution in [2.24, 2.45) is 5.73 Å². The third-order valence-corrected chi connectivity index (χ3v) is 6.45. The van der Waals surface area contributed by atoms with Gasteiger partial charge in [0, 0.05) is 12.2 Å². The van der Waals surface area contributed by atoms with Gasteiger partial charge < -0.3 is 5.73 Å². The Morgan fingerprint density at radius 1 is 0.828 bits per heavy atom. The molecule has 1 heterocycles. The van der Waals surface area contributed by atoms with Gasteiger partial charge >= 0.3 is 0 Å². The number of benzene rings is 4. The molecule has 0 saturated carbocycles. The molecule has 0 fully saturated rings. The topological polar surface area (TPSA) is 38.9 Å². The lowest BCUT2D eigenvalue weighted by atomic mass is 9.90. The van der Waals surface area contributed by atoms with Crippen LogP contribution in [0, 0.1) is 13.8 Å². The first-order valence-electron chi connectivity index (χ1n) is 10.5. The minimum atomic E-state index is -0.00492. The standard InChI is InChI=1S/C27H26N2/c1-17-15-16-29-27(18(17)2)24(28)8-4-5-19-9-10-22-12-11-20-6-3-7-21-13-14-23(19)26(22)25(20)21/h3,6-7,9-16,24H,4-5,8,28H2,1-2H3. The number of rotatable bonds is 5. The molecule has 2 nitrogen and oxygen atoms in total. The van der Waals surface area contributed by atoms with E-state index in [1.165, 1.54) is 49.0 Å². The Morgan fingerprint density at radius 2 is 1.52 bits per heavy atom. The molecule has 4 aromatic carbocycles. The average Bonchev–Trinajstić information content (AvgIpc) is 2.74. The lowest BCUT2D eigenvalue weighted by Crippen LogP contribution is -2.14. The van der Waals surface area contributed by atoms with Gasteiger partial charge in [-0.3, -0.25) is 4.98 Å². The van der Waals surface area contributed by atoms with Crippen molar-refractivity contribution in [1.29, 1.82) is 0 Å². The summed E-state index contributed by atoms with van der Waals surface area (Å²) in [5, 5.41) is 8.13. The molecular weight excluding hydrogens is 352 g/mol. The van der Waals surface area contributed by atoms with Gasteiger partial charge in [0.05, 0.1) is 5.69 Å². The molecule has 0 bridgehead atoms. The maximum atomic E-state index is 6.50. The second-order valence-corrected chi connectivity index (χ2v) is 8.22. The van der Waals surface area contributed by atoms with Crippen molar-refractivity contribution in [3.63, 3.8) is 0 Å². The molecule has 1 atom stereocenters.